The summed E-state index contributed by atoms with van der Waals surface area (Å²) in [6, 6.07) is 8.90. The number of nitrogens with zero attached hydrogens (tertiary/aromatic N) is 1. The molecule has 0 aliphatic heterocycles. The van der Waals surface area contributed by atoms with Gasteiger partial charge in [0.2, 0.25) is 5.91 Å². The highest BCUT2D eigenvalue weighted by atomic mass is 16.4. The van der Waals surface area contributed by atoms with Crippen LogP contribution in [0.25, 0.3) is 0 Å². The standard InChI is InChI=1S/C14H19NO3/c1-10(2)11(3)14(18)15(9-13(16)17)12-7-5-4-6-8-12/h4-8,10-11H,9H2,1-3H3,(H,16,17). The Hall–Kier alpha value is -1.84. The number of amides is 1. The van der Waals surface area contributed by atoms with E-state index in [0.29, 0.717) is 5.69 Å². The van der Waals surface area contributed by atoms with Crippen LogP contribution >= 0.6 is 0 Å². The van der Waals surface area contributed by atoms with Crippen LogP contribution in [0.2, 0.25) is 0 Å². The van der Waals surface area contributed by atoms with E-state index >= 15 is 0 Å². The molecule has 0 spiro atoms. The molecule has 4 heteroatoms. The van der Waals surface area contributed by atoms with Crippen molar-refractivity contribution < 1.29 is 14.7 Å². The van der Waals surface area contributed by atoms with Crippen molar-refractivity contribution in [1.29, 1.82) is 0 Å². The monoisotopic (exact) mass is 249 g/mol. The topological polar surface area (TPSA) is 57.6 Å². The van der Waals surface area contributed by atoms with Gasteiger partial charge < -0.3 is 10.0 Å². The largest absolute Gasteiger partial charge is 0.480 e. The average molecular weight is 249 g/mol. The fourth-order valence-electron chi connectivity index (χ4n) is 1.57. The third-order valence-corrected chi connectivity index (χ3v) is 3.02. The Balaban J connectivity index is 2.99. The molecular weight excluding hydrogens is 230 g/mol. The van der Waals surface area contributed by atoms with Gasteiger partial charge in [0.25, 0.3) is 0 Å². The molecule has 0 aliphatic carbocycles. The molecular formula is C14H19NO3. The lowest BCUT2D eigenvalue weighted by molar-refractivity contribution is -0.137. The third kappa shape index (κ3) is 3.58. The zero-order valence-corrected chi connectivity index (χ0v) is 11.0. The molecule has 0 aromatic heterocycles. The molecule has 0 heterocycles. The number of carboxylic acid groups (broad SMARTS) is 1. The number of hydrogen-bond acceptors (Lipinski definition) is 2. The molecule has 0 bridgehead atoms. The average Bonchev–Trinajstić information content (AvgIpc) is 2.35. The van der Waals surface area contributed by atoms with Crippen LogP contribution in [0, 0.1) is 11.8 Å². The Bertz CT molecular complexity index is 414. The van der Waals surface area contributed by atoms with Crippen molar-refractivity contribution in [2.24, 2.45) is 11.8 Å². The van der Waals surface area contributed by atoms with Crippen LogP contribution in [0.3, 0.4) is 0 Å². The van der Waals surface area contributed by atoms with Crippen LogP contribution in [0.5, 0.6) is 0 Å². The number of carbonyl (C=O) groups excluding carboxylic acids is 1. The van der Waals surface area contributed by atoms with Gasteiger partial charge in [-0.1, -0.05) is 39.0 Å². The Morgan fingerprint density at radius 2 is 1.72 bits per heavy atom. The number of hydrogen-bond donors (Lipinski definition) is 1. The molecule has 1 rings (SSSR count). The first kappa shape index (κ1) is 14.2. The first-order chi connectivity index (χ1) is 8.43. The molecule has 0 radical (unpaired) electrons. The molecule has 0 saturated carbocycles. The third-order valence-electron chi connectivity index (χ3n) is 3.02. The maximum Gasteiger partial charge on any atom is 0.323 e. The summed E-state index contributed by atoms with van der Waals surface area (Å²) in [6.07, 6.45) is 0. The summed E-state index contributed by atoms with van der Waals surface area (Å²) >= 11 is 0. The maximum atomic E-state index is 12.3. The zero-order chi connectivity index (χ0) is 13.7. The fourth-order valence-corrected chi connectivity index (χ4v) is 1.57. The van der Waals surface area contributed by atoms with E-state index in [1.54, 1.807) is 24.3 Å². The summed E-state index contributed by atoms with van der Waals surface area (Å²) in [5.41, 5.74) is 0.623. The summed E-state index contributed by atoms with van der Waals surface area (Å²) in [6.45, 7) is 5.42. The summed E-state index contributed by atoms with van der Waals surface area (Å²) in [7, 11) is 0. The lowest BCUT2D eigenvalue weighted by Gasteiger charge is -2.26. The molecule has 0 fully saturated rings. The molecule has 4 nitrogen and oxygen atoms in total. The number of benzene rings is 1. The van der Waals surface area contributed by atoms with Crippen LogP contribution in [0.4, 0.5) is 5.69 Å². The van der Waals surface area contributed by atoms with Gasteiger partial charge in [0.1, 0.15) is 6.54 Å². The first-order valence-electron chi connectivity index (χ1n) is 6.01. The second-order valence-electron chi connectivity index (χ2n) is 4.69. The normalized spacial score (nSPS) is 12.2. The van der Waals surface area contributed by atoms with Crippen LogP contribution in [-0.4, -0.2) is 23.5 Å². The molecule has 0 aliphatic rings. The molecule has 0 saturated heterocycles. The van der Waals surface area contributed by atoms with Gasteiger partial charge in [-0.25, -0.2) is 0 Å². The number of anilines is 1. The van der Waals surface area contributed by atoms with Crippen molar-refractivity contribution >= 4 is 17.6 Å². The zero-order valence-electron chi connectivity index (χ0n) is 11.0. The second-order valence-corrected chi connectivity index (χ2v) is 4.69. The molecule has 1 aromatic carbocycles. The predicted octanol–water partition coefficient (Wildman–Crippen LogP) is 2.40. The van der Waals surface area contributed by atoms with Gasteiger partial charge >= 0.3 is 5.97 Å². The fraction of sp³-hybridized carbons (Fsp3) is 0.429. The number of carbonyl (C=O) groups is 2. The van der Waals surface area contributed by atoms with Gasteiger partial charge in [-0.15, -0.1) is 0 Å². The summed E-state index contributed by atoms with van der Waals surface area (Å²) in [5.74, 6) is -1.19. The SMILES string of the molecule is CC(C)C(C)C(=O)N(CC(=O)O)c1ccccc1. The van der Waals surface area contributed by atoms with Gasteiger partial charge in [-0.3, -0.25) is 9.59 Å². The van der Waals surface area contributed by atoms with Crippen molar-refractivity contribution in [1.82, 2.24) is 0 Å². The number of aliphatic carboxylic acids is 1. The van der Waals surface area contributed by atoms with Gasteiger partial charge in [0.15, 0.2) is 0 Å². The second kappa shape index (κ2) is 6.19. The highest BCUT2D eigenvalue weighted by molar-refractivity contribution is 5.98. The summed E-state index contributed by atoms with van der Waals surface area (Å²) < 4.78 is 0. The Kier molecular flexibility index (Phi) is 4.89. The molecule has 1 N–H and O–H groups in total. The van der Waals surface area contributed by atoms with Crippen molar-refractivity contribution in [3.63, 3.8) is 0 Å². The van der Waals surface area contributed by atoms with E-state index in [4.69, 9.17) is 5.11 Å². The van der Waals surface area contributed by atoms with Crippen LogP contribution in [-0.2, 0) is 9.59 Å². The minimum Gasteiger partial charge on any atom is -0.480 e. The van der Waals surface area contributed by atoms with E-state index in [9.17, 15) is 9.59 Å². The lowest BCUT2D eigenvalue weighted by Crippen LogP contribution is -2.40. The van der Waals surface area contributed by atoms with Crippen LogP contribution < -0.4 is 4.90 Å². The number of rotatable bonds is 5. The van der Waals surface area contributed by atoms with E-state index in [2.05, 4.69) is 0 Å². The number of para-hydroxylation sites is 1. The van der Waals surface area contributed by atoms with Crippen molar-refractivity contribution in [3.05, 3.63) is 30.3 Å². The van der Waals surface area contributed by atoms with E-state index in [-0.39, 0.29) is 24.3 Å². The van der Waals surface area contributed by atoms with Gasteiger partial charge in [-0.2, -0.15) is 0 Å². The van der Waals surface area contributed by atoms with E-state index in [1.807, 2.05) is 26.8 Å². The maximum absolute atomic E-state index is 12.3. The number of carboxylic acids is 1. The highest BCUT2D eigenvalue weighted by Gasteiger charge is 2.25. The van der Waals surface area contributed by atoms with Gasteiger partial charge in [0, 0.05) is 11.6 Å². The Morgan fingerprint density at radius 1 is 1.17 bits per heavy atom. The minimum atomic E-state index is -1.01. The van der Waals surface area contributed by atoms with Gasteiger partial charge in [0.05, 0.1) is 0 Å². The predicted molar refractivity (Wildman–Crippen MR) is 70.4 cm³/mol. The molecule has 98 valence electrons. The van der Waals surface area contributed by atoms with Crippen molar-refractivity contribution in [3.8, 4) is 0 Å². The Labute approximate surface area is 107 Å². The lowest BCUT2D eigenvalue weighted by atomic mass is 9.96. The van der Waals surface area contributed by atoms with E-state index < -0.39 is 5.97 Å². The summed E-state index contributed by atoms with van der Waals surface area (Å²) in [4.78, 5) is 24.5. The van der Waals surface area contributed by atoms with Crippen LogP contribution in [0.15, 0.2) is 30.3 Å². The Morgan fingerprint density at radius 3 is 2.17 bits per heavy atom. The summed E-state index contributed by atoms with van der Waals surface area (Å²) in [5, 5.41) is 8.92. The molecule has 1 unspecified atom stereocenters. The molecule has 1 amide bonds. The highest BCUT2D eigenvalue weighted by Crippen LogP contribution is 2.19. The van der Waals surface area contributed by atoms with Gasteiger partial charge in [-0.05, 0) is 18.1 Å². The van der Waals surface area contributed by atoms with Crippen molar-refractivity contribution in [2.75, 3.05) is 11.4 Å². The molecule has 1 atom stereocenters. The van der Waals surface area contributed by atoms with E-state index in [0.717, 1.165) is 0 Å². The van der Waals surface area contributed by atoms with Crippen molar-refractivity contribution in [2.45, 2.75) is 20.8 Å². The smallest absolute Gasteiger partial charge is 0.323 e. The van der Waals surface area contributed by atoms with E-state index in [1.165, 1.54) is 4.90 Å². The first-order valence-corrected chi connectivity index (χ1v) is 6.01. The quantitative estimate of drug-likeness (QED) is 0.871. The molecule has 1 aromatic rings. The molecule has 18 heavy (non-hydrogen) atoms. The van der Waals surface area contributed by atoms with Crippen LogP contribution in [0.1, 0.15) is 20.8 Å². The minimum absolute atomic E-state index is 0.154.